The zero-order chi connectivity index (χ0) is 12.9. The number of nitrogens with zero attached hydrogens (tertiary/aromatic N) is 1. The van der Waals surface area contributed by atoms with Crippen LogP contribution in [-0.4, -0.2) is 18.5 Å². The minimum absolute atomic E-state index is 0.120. The van der Waals surface area contributed by atoms with Crippen molar-refractivity contribution in [2.24, 2.45) is 0 Å². The Bertz CT molecular complexity index is 464. The van der Waals surface area contributed by atoms with E-state index < -0.39 is 19.4 Å². The van der Waals surface area contributed by atoms with Gasteiger partial charge in [-0.1, -0.05) is 6.04 Å². The molecule has 1 aliphatic rings. The van der Waals surface area contributed by atoms with E-state index in [0.717, 1.165) is 0 Å². The molecule has 2 N–H and O–H groups in total. The Balaban J connectivity index is 2.70. The highest BCUT2D eigenvalue weighted by Crippen LogP contribution is 2.19. The van der Waals surface area contributed by atoms with E-state index in [9.17, 15) is 0 Å². The maximum absolute atomic E-state index is 7.97. The molecule has 2 rings (SSSR count). The Kier molecular flexibility index (Phi) is 0.882. The molecule has 1 aromatic rings. The molecule has 0 bridgehead atoms. The van der Waals surface area contributed by atoms with Crippen molar-refractivity contribution in [3.63, 3.8) is 0 Å². The Morgan fingerprint density at radius 3 is 3.25 bits per heavy atom. The van der Waals surface area contributed by atoms with E-state index in [2.05, 4.69) is 0 Å². The Morgan fingerprint density at radius 2 is 2.42 bits per heavy atom. The summed E-state index contributed by atoms with van der Waals surface area (Å²) >= 11 is 0. The largest absolute Gasteiger partial charge is 0.399 e. The van der Waals surface area contributed by atoms with Gasteiger partial charge in [0.05, 0.1) is 2.74 Å². The second-order valence-corrected chi connectivity index (χ2v) is 2.83. The van der Waals surface area contributed by atoms with Gasteiger partial charge < -0.3 is 10.6 Å². The number of nitrogen functional groups attached to an aromatic ring is 1. The first-order valence-corrected chi connectivity index (χ1v) is 3.74. The summed E-state index contributed by atoms with van der Waals surface area (Å²) in [4.78, 5) is 1.45. The number of benzene rings is 1. The number of nitrogens with two attached hydrogens (primary N) is 1. The van der Waals surface area contributed by atoms with E-state index in [0.29, 0.717) is 11.1 Å². The lowest BCUT2D eigenvalue weighted by Crippen LogP contribution is -2.26. The molecule has 0 radical (unpaired) electrons. The lowest BCUT2D eigenvalue weighted by atomic mass is 10.00. The zero-order valence-corrected chi connectivity index (χ0v) is 6.83. The highest BCUT2D eigenvalue weighted by atomic mass is 15.1. The molecule has 12 heavy (non-hydrogen) atoms. The standard InChI is InChI=1S/C10H14N2/c1-12-5-4-8-2-3-10(11)6-9(8)7-12/h2-3,6H,4-5,7,11H2,1H3/i2D,3D,4D,5D,7D. The second kappa shape index (κ2) is 2.79. The molecule has 0 amide bonds. The number of hydrogen-bond acceptors (Lipinski definition) is 2. The van der Waals surface area contributed by atoms with Gasteiger partial charge in [0.2, 0.25) is 0 Å². The fraction of sp³-hybridized carbons (Fsp3) is 0.400. The van der Waals surface area contributed by atoms with Crippen LogP contribution in [0.1, 0.15) is 18.0 Å². The average molecular weight is 167 g/mol. The molecule has 0 saturated heterocycles. The predicted molar refractivity (Wildman–Crippen MR) is 50.9 cm³/mol. The van der Waals surface area contributed by atoms with Crippen LogP contribution in [0.25, 0.3) is 0 Å². The zero-order valence-electron chi connectivity index (χ0n) is 11.8. The SMILES string of the molecule is [2H]c1c(N)cc2c(c1[2H])C([2H])C([2H])N(C)C2[2H]. The van der Waals surface area contributed by atoms with Crippen LogP contribution in [0.15, 0.2) is 18.2 Å². The van der Waals surface area contributed by atoms with E-state index in [1.807, 2.05) is 0 Å². The van der Waals surface area contributed by atoms with Gasteiger partial charge in [-0.25, -0.2) is 0 Å². The molecule has 2 nitrogen and oxygen atoms in total. The third-order valence-corrected chi connectivity index (χ3v) is 1.78. The summed E-state index contributed by atoms with van der Waals surface area (Å²) < 4.78 is 39.1. The number of fused-ring (bicyclic) bond motifs is 1. The van der Waals surface area contributed by atoms with Crippen LogP contribution in [0.2, 0.25) is 0 Å². The Labute approximate surface area is 80.0 Å². The van der Waals surface area contributed by atoms with Crippen LogP contribution < -0.4 is 5.73 Å². The van der Waals surface area contributed by atoms with E-state index in [1.54, 1.807) is 7.05 Å². The number of rotatable bonds is 0. The maximum Gasteiger partial charge on any atom is 0.0645 e. The van der Waals surface area contributed by atoms with E-state index in [-0.39, 0.29) is 17.8 Å². The summed E-state index contributed by atoms with van der Waals surface area (Å²) in [6.07, 6.45) is -0.936. The topological polar surface area (TPSA) is 29.3 Å². The highest BCUT2D eigenvalue weighted by molar-refractivity contribution is 5.45. The summed E-state index contributed by atoms with van der Waals surface area (Å²) in [5.41, 5.74) is 6.52. The summed E-state index contributed by atoms with van der Waals surface area (Å²) in [7, 11) is 1.61. The van der Waals surface area contributed by atoms with Crippen LogP contribution in [0, 0.1) is 0 Å². The molecular weight excluding hydrogens is 148 g/mol. The molecule has 1 aliphatic heterocycles. The lowest BCUT2D eigenvalue weighted by Gasteiger charge is -2.24. The first-order chi connectivity index (χ1) is 7.86. The summed E-state index contributed by atoms with van der Waals surface area (Å²) in [6.45, 7) is -1.70. The number of anilines is 1. The normalized spacial score (nSPS) is 41.8. The quantitative estimate of drug-likeness (QED) is 0.589. The van der Waals surface area contributed by atoms with Crippen LogP contribution in [0.3, 0.4) is 0 Å². The Morgan fingerprint density at radius 1 is 1.58 bits per heavy atom. The van der Waals surface area contributed by atoms with Crippen molar-refractivity contribution in [2.75, 3.05) is 19.3 Å². The lowest BCUT2D eigenvalue weighted by molar-refractivity contribution is 0.313. The monoisotopic (exact) mass is 167 g/mol. The van der Waals surface area contributed by atoms with Crippen molar-refractivity contribution in [1.29, 1.82) is 0 Å². The van der Waals surface area contributed by atoms with Crippen molar-refractivity contribution >= 4 is 5.69 Å². The van der Waals surface area contributed by atoms with E-state index in [1.165, 1.54) is 11.0 Å². The van der Waals surface area contributed by atoms with E-state index >= 15 is 0 Å². The maximum atomic E-state index is 7.97. The van der Waals surface area contributed by atoms with Crippen molar-refractivity contribution in [1.82, 2.24) is 4.90 Å². The van der Waals surface area contributed by atoms with Gasteiger partial charge in [-0.05, 0) is 36.7 Å². The minimum atomic E-state index is -0.936. The van der Waals surface area contributed by atoms with Crippen molar-refractivity contribution < 1.29 is 6.85 Å². The Hall–Kier alpha value is -1.02. The molecule has 0 saturated carbocycles. The third kappa shape index (κ3) is 1.30. The van der Waals surface area contributed by atoms with Crippen LogP contribution in [-0.2, 0) is 12.9 Å². The minimum Gasteiger partial charge on any atom is -0.399 e. The molecule has 3 unspecified atom stereocenters. The van der Waals surface area contributed by atoms with Gasteiger partial charge in [0.25, 0.3) is 0 Å². The van der Waals surface area contributed by atoms with Gasteiger partial charge >= 0.3 is 0 Å². The second-order valence-electron chi connectivity index (χ2n) is 2.83. The third-order valence-electron chi connectivity index (χ3n) is 1.78. The van der Waals surface area contributed by atoms with Crippen molar-refractivity contribution in [3.8, 4) is 0 Å². The van der Waals surface area contributed by atoms with Crippen LogP contribution >= 0.6 is 0 Å². The van der Waals surface area contributed by atoms with Gasteiger partial charge in [-0.15, -0.1) is 0 Å². The van der Waals surface area contributed by atoms with Gasteiger partial charge in [0.15, 0.2) is 0 Å². The van der Waals surface area contributed by atoms with Crippen LogP contribution in [0.4, 0.5) is 5.69 Å². The average Bonchev–Trinajstić information content (AvgIpc) is 2.30. The van der Waals surface area contributed by atoms with Crippen LogP contribution in [0.5, 0.6) is 0 Å². The van der Waals surface area contributed by atoms with Gasteiger partial charge in [-0.3, -0.25) is 0 Å². The molecule has 64 valence electrons. The first-order valence-electron chi connectivity index (χ1n) is 6.47. The summed E-state index contributed by atoms with van der Waals surface area (Å²) in [5, 5.41) is 0. The van der Waals surface area contributed by atoms with Gasteiger partial charge in [0, 0.05) is 22.8 Å². The number of hydrogen-bond donors (Lipinski definition) is 1. The molecule has 0 aliphatic carbocycles. The smallest absolute Gasteiger partial charge is 0.0645 e. The van der Waals surface area contributed by atoms with Gasteiger partial charge in [-0.2, -0.15) is 0 Å². The van der Waals surface area contributed by atoms with Crippen molar-refractivity contribution in [3.05, 3.63) is 29.3 Å². The fourth-order valence-corrected chi connectivity index (χ4v) is 1.19. The van der Waals surface area contributed by atoms with E-state index in [4.69, 9.17) is 12.6 Å². The molecule has 0 spiro atoms. The number of likely N-dealkylation sites (N-methyl/N-ethyl adjacent to an activating group) is 1. The fourth-order valence-electron chi connectivity index (χ4n) is 1.19. The molecule has 2 heteroatoms. The summed E-state index contributed by atoms with van der Waals surface area (Å²) in [5.74, 6) is 0. The molecule has 1 aromatic carbocycles. The summed E-state index contributed by atoms with van der Waals surface area (Å²) in [6, 6.07) is 1.24. The molecular formula is C10H14N2. The highest BCUT2D eigenvalue weighted by Gasteiger charge is 2.12. The van der Waals surface area contributed by atoms with Crippen molar-refractivity contribution in [2.45, 2.75) is 12.9 Å². The molecule has 0 aromatic heterocycles. The predicted octanol–water partition coefficient (Wildman–Crippen LogP) is 1.26. The molecule has 0 fully saturated rings. The molecule has 1 heterocycles. The molecule has 3 atom stereocenters. The first kappa shape index (κ1) is 3.79. The van der Waals surface area contributed by atoms with Gasteiger partial charge in [0.1, 0.15) is 0 Å².